The summed E-state index contributed by atoms with van der Waals surface area (Å²) in [6, 6.07) is 0. The summed E-state index contributed by atoms with van der Waals surface area (Å²) >= 11 is 0. The second-order valence-electron chi connectivity index (χ2n) is 15.2. The van der Waals surface area contributed by atoms with Crippen molar-refractivity contribution in [1.29, 1.82) is 0 Å². The van der Waals surface area contributed by atoms with Gasteiger partial charge in [-0.05, 0) is 31.1 Å². The first-order valence-electron chi connectivity index (χ1n) is 20.7. The maximum absolute atomic E-state index is 12.6. The molecule has 0 aliphatic carbocycles. The van der Waals surface area contributed by atoms with Gasteiger partial charge in [-0.3, -0.25) is 14.4 Å². The zero-order valence-corrected chi connectivity index (χ0v) is 32.6. The Morgan fingerprint density at radius 1 is 0.396 bits per heavy atom. The van der Waals surface area contributed by atoms with Gasteiger partial charge < -0.3 is 14.2 Å². The van der Waals surface area contributed by atoms with Gasteiger partial charge >= 0.3 is 17.9 Å². The minimum Gasteiger partial charge on any atom is -0.462 e. The van der Waals surface area contributed by atoms with Crippen LogP contribution in [-0.2, 0) is 28.6 Å². The van der Waals surface area contributed by atoms with Crippen molar-refractivity contribution in [1.82, 2.24) is 0 Å². The number of esters is 3. The van der Waals surface area contributed by atoms with Crippen LogP contribution in [0, 0.1) is 11.8 Å². The fourth-order valence-electron chi connectivity index (χ4n) is 6.05. The molecule has 0 saturated carbocycles. The largest absolute Gasteiger partial charge is 0.462 e. The number of ether oxygens (including phenoxy) is 3. The molecule has 0 amide bonds. The van der Waals surface area contributed by atoms with Gasteiger partial charge in [-0.15, -0.1) is 0 Å². The third-order valence-corrected chi connectivity index (χ3v) is 9.22. The minimum absolute atomic E-state index is 0.0668. The van der Waals surface area contributed by atoms with E-state index in [2.05, 4.69) is 34.6 Å². The molecular formula is C42H80O6. The molecule has 0 aromatic carbocycles. The number of carbonyl (C=O) groups is 3. The molecule has 0 saturated heterocycles. The molecule has 0 bridgehead atoms. The van der Waals surface area contributed by atoms with Gasteiger partial charge in [-0.25, -0.2) is 0 Å². The maximum Gasteiger partial charge on any atom is 0.306 e. The molecule has 0 radical (unpaired) electrons. The smallest absolute Gasteiger partial charge is 0.306 e. The normalized spacial score (nSPS) is 12.1. The lowest BCUT2D eigenvalue weighted by atomic mass is 10.0. The van der Waals surface area contributed by atoms with E-state index in [-0.39, 0.29) is 31.1 Å². The Labute approximate surface area is 298 Å². The summed E-state index contributed by atoms with van der Waals surface area (Å²) < 4.78 is 16.6. The van der Waals surface area contributed by atoms with E-state index >= 15 is 0 Å². The zero-order valence-electron chi connectivity index (χ0n) is 32.6. The fraction of sp³-hybridized carbons (Fsp3) is 0.929. The third-order valence-electron chi connectivity index (χ3n) is 9.22. The van der Waals surface area contributed by atoms with E-state index in [0.717, 1.165) is 69.6 Å². The van der Waals surface area contributed by atoms with Gasteiger partial charge in [0.05, 0.1) is 0 Å². The van der Waals surface area contributed by atoms with Crippen molar-refractivity contribution in [2.45, 2.75) is 227 Å². The topological polar surface area (TPSA) is 78.9 Å². The molecule has 0 N–H and O–H groups in total. The van der Waals surface area contributed by atoms with Crippen molar-refractivity contribution < 1.29 is 28.6 Å². The molecule has 0 heterocycles. The van der Waals surface area contributed by atoms with Gasteiger partial charge in [-0.2, -0.15) is 0 Å². The molecule has 0 fully saturated rings. The van der Waals surface area contributed by atoms with Gasteiger partial charge in [0.25, 0.3) is 0 Å². The molecule has 0 aliphatic rings. The third kappa shape index (κ3) is 35.7. The summed E-state index contributed by atoms with van der Waals surface area (Å²) in [6.45, 7) is 11.2. The molecule has 0 aromatic heterocycles. The van der Waals surface area contributed by atoms with E-state index < -0.39 is 6.10 Å². The number of hydrogen-bond acceptors (Lipinski definition) is 6. The highest BCUT2D eigenvalue weighted by molar-refractivity contribution is 5.71. The molecule has 6 heteroatoms. The predicted octanol–water partition coefficient (Wildman–Crippen LogP) is 12.6. The quantitative estimate of drug-likeness (QED) is 0.0372. The second-order valence-corrected chi connectivity index (χ2v) is 15.2. The molecule has 1 atom stereocenters. The molecule has 0 aromatic rings. The van der Waals surface area contributed by atoms with Crippen molar-refractivity contribution >= 4 is 17.9 Å². The zero-order chi connectivity index (χ0) is 35.5. The molecule has 284 valence electrons. The van der Waals surface area contributed by atoms with Crippen LogP contribution in [0.4, 0.5) is 0 Å². The number of rotatable bonds is 36. The van der Waals surface area contributed by atoms with Crippen LogP contribution < -0.4 is 0 Å². The highest BCUT2D eigenvalue weighted by atomic mass is 16.6. The van der Waals surface area contributed by atoms with Crippen LogP contribution in [0.25, 0.3) is 0 Å². The van der Waals surface area contributed by atoms with Crippen molar-refractivity contribution in [3.05, 3.63) is 0 Å². The Morgan fingerprint density at radius 2 is 0.688 bits per heavy atom. The average molecular weight is 681 g/mol. The second kappa shape index (κ2) is 35.2. The number of carbonyl (C=O) groups excluding carboxylic acids is 3. The first-order chi connectivity index (χ1) is 23.2. The molecular weight excluding hydrogens is 600 g/mol. The Morgan fingerprint density at radius 3 is 1.02 bits per heavy atom. The summed E-state index contributed by atoms with van der Waals surface area (Å²) in [5.74, 6) is 0.670. The van der Waals surface area contributed by atoms with E-state index in [1.54, 1.807) is 0 Å². The first-order valence-corrected chi connectivity index (χ1v) is 20.7. The SMILES string of the molecule is CCCCCCCCCCCCCC(=O)OC[C@@H](COC(=O)CCCCCCCCC(C)C)OC(=O)CCCCCCCCCC(C)C. The lowest BCUT2D eigenvalue weighted by molar-refractivity contribution is -0.167. The molecule has 0 rings (SSSR count). The predicted molar refractivity (Wildman–Crippen MR) is 201 cm³/mol. The van der Waals surface area contributed by atoms with E-state index in [4.69, 9.17) is 14.2 Å². The average Bonchev–Trinajstić information content (AvgIpc) is 3.05. The van der Waals surface area contributed by atoms with E-state index in [9.17, 15) is 14.4 Å². The van der Waals surface area contributed by atoms with Crippen LogP contribution in [0.3, 0.4) is 0 Å². The Hall–Kier alpha value is -1.59. The van der Waals surface area contributed by atoms with Crippen LogP contribution in [0.15, 0.2) is 0 Å². The highest BCUT2D eigenvalue weighted by Crippen LogP contribution is 2.15. The van der Waals surface area contributed by atoms with Crippen LogP contribution >= 0.6 is 0 Å². The van der Waals surface area contributed by atoms with E-state index in [1.165, 1.54) is 109 Å². The Balaban J connectivity index is 4.35. The molecule has 0 spiro atoms. The standard InChI is InChI=1S/C42H80O6/c1-6-7-8-9-10-11-12-13-16-22-27-32-40(43)46-35-39(36-47-41(44)33-28-23-19-18-21-26-31-38(4)5)48-42(45)34-29-24-17-14-15-20-25-30-37(2)3/h37-39H,6-36H2,1-5H3/t39-/m0/s1. The summed E-state index contributed by atoms with van der Waals surface area (Å²) in [5, 5.41) is 0. The van der Waals surface area contributed by atoms with Crippen LogP contribution in [0.5, 0.6) is 0 Å². The fourth-order valence-corrected chi connectivity index (χ4v) is 6.05. The number of unbranched alkanes of at least 4 members (excludes halogenated alkanes) is 21. The van der Waals surface area contributed by atoms with Gasteiger partial charge in [-0.1, -0.05) is 182 Å². The van der Waals surface area contributed by atoms with Gasteiger partial charge in [0.15, 0.2) is 6.10 Å². The van der Waals surface area contributed by atoms with Crippen LogP contribution in [-0.4, -0.2) is 37.2 Å². The molecule has 0 aliphatic heterocycles. The lowest BCUT2D eigenvalue weighted by Crippen LogP contribution is -2.30. The number of hydrogen-bond donors (Lipinski definition) is 0. The Bertz CT molecular complexity index is 734. The van der Waals surface area contributed by atoms with Crippen molar-refractivity contribution in [3.63, 3.8) is 0 Å². The summed E-state index contributed by atoms with van der Waals surface area (Å²) in [4.78, 5) is 37.5. The van der Waals surface area contributed by atoms with Gasteiger partial charge in [0, 0.05) is 19.3 Å². The molecule has 0 unspecified atom stereocenters. The highest BCUT2D eigenvalue weighted by Gasteiger charge is 2.19. The van der Waals surface area contributed by atoms with E-state index in [1.807, 2.05) is 0 Å². The van der Waals surface area contributed by atoms with Crippen molar-refractivity contribution in [2.24, 2.45) is 11.8 Å². The van der Waals surface area contributed by atoms with Crippen LogP contribution in [0.2, 0.25) is 0 Å². The summed E-state index contributed by atoms with van der Waals surface area (Å²) in [7, 11) is 0. The Kier molecular flexibility index (Phi) is 34.1. The summed E-state index contributed by atoms with van der Waals surface area (Å²) in [6.07, 6.45) is 31.1. The van der Waals surface area contributed by atoms with E-state index in [0.29, 0.717) is 19.3 Å². The monoisotopic (exact) mass is 681 g/mol. The van der Waals surface area contributed by atoms with Crippen molar-refractivity contribution in [2.75, 3.05) is 13.2 Å². The summed E-state index contributed by atoms with van der Waals surface area (Å²) in [5.41, 5.74) is 0. The van der Waals surface area contributed by atoms with Crippen LogP contribution in [0.1, 0.15) is 221 Å². The van der Waals surface area contributed by atoms with Crippen molar-refractivity contribution in [3.8, 4) is 0 Å². The molecule has 48 heavy (non-hydrogen) atoms. The molecule has 6 nitrogen and oxygen atoms in total. The lowest BCUT2D eigenvalue weighted by Gasteiger charge is -2.18. The minimum atomic E-state index is -0.760. The first kappa shape index (κ1) is 46.4. The van der Waals surface area contributed by atoms with Gasteiger partial charge in [0.1, 0.15) is 13.2 Å². The maximum atomic E-state index is 12.6. The van der Waals surface area contributed by atoms with Gasteiger partial charge in [0.2, 0.25) is 0 Å².